The molecule has 0 atom stereocenters. The second-order valence-electron chi connectivity index (χ2n) is 4.16. The number of nitriles is 1. The molecule has 0 aromatic heterocycles. The normalized spacial score (nSPS) is 9.60. The monoisotopic (exact) mass is 266 g/mol. The topological polar surface area (TPSA) is 90.9 Å². The molecule has 2 aromatic rings. The number of nitrogens with one attached hydrogen (secondary N) is 2. The largest absolute Gasteiger partial charge is 0.397 e. The lowest BCUT2D eigenvalue weighted by Crippen LogP contribution is -2.18. The number of carbonyl (C=O) groups excluding carboxylic acids is 1. The summed E-state index contributed by atoms with van der Waals surface area (Å²) in [7, 11) is 1.57. The van der Waals surface area contributed by atoms with Crippen LogP contribution < -0.4 is 16.4 Å². The zero-order chi connectivity index (χ0) is 14.5. The Bertz CT molecular complexity index is 689. The Labute approximate surface area is 117 Å². The van der Waals surface area contributed by atoms with Gasteiger partial charge in [0.2, 0.25) is 0 Å². The van der Waals surface area contributed by atoms with Crippen molar-refractivity contribution in [2.24, 2.45) is 0 Å². The van der Waals surface area contributed by atoms with Crippen LogP contribution in [0.3, 0.4) is 0 Å². The Balaban J connectivity index is 2.38. The van der Waals surface area contributed by atoms with Gasteiger partial charge in [0.1, 0.15) is 6.07 Å². The minimum absolute atomic E-state index is 0.193. The third kappa shape index (κ3) is 2.70. The van der Waals surface area contributed by atoms with Gasteiger partial charge in [-0.05, 0) is 30.3 Å². The number of amides is 1. The van der Waals surface area contributed by atoms with E-state index in [1.54, 1.807) is 43.4 Å². The highest BCUT2D eigenvalue weighted by Crippen LogP contribution is 2.26. The maximum atomic E-state index is 11.6. The van der Waals surface area contributed by atoms with Crippen LogP contribution in [0, 0.1) is 11.3 Å². The number of para-hydroxylation sites is 1. The van der Waals surface area contributed by atoms with Gasteiger partial charge in [-0.15, -0.1) is 0 Å². The van der Waals surface area contributed by atoms with Gasteiger partial charge in [0.25, 0.3) is 5.91 Å². The van der Waals surface area contributed by atoms with E-state index in [1.165, 1.54) is 0 Å². The number of nitrogens with two attached hydrogens (primary N) is 1. The molecular formula is C15H14N4O. The zero-order valence-corrected chi connectivity index (χ0v) is 11.0. The summed E-state index contributed by atoms with van der Waals surface area (Å²) in [5.41, 5.74) is 8.65. The van der Waals surface area contributed by atoms with Crippen LogP contribution in [0.4, 0.5) is 17.1 Å². The summed E-state index contributed by atoms with van der Waals surface area (Å²) in [4.78, 5) is 11.6. The van der Waals surface area contributed by atoms with Crippen LogP contribution in [-0.4, -0.2) is 13.0 Å². The number of nitrogen functional groups attached to an aromatic ring is 1. The van der Waals surface area contributed by atoms with E-state index in [-0.39, 0.29) is 5.91 Å². The molecule has 0 fully saturated rings. The van der Waals surface area contributed by atoms with Crippen molar-refractivity contribution in [1.29, 1.82) is 5.26 Å². The molecule has 0 aliphatic carbocycles. The fraction of sp³-hybridized carbons (Fsp3) is 0.0667. The van der Waals surface area contributed by atoms with Gasteiger partial charge in [-0.2, -0.15) is 5.26 Å². The van der Waals surface area contributed by atoms with Crippen molar-refractivity contribution in [3.8, 4) is 6.07 Å². The van der Waals surface area contributed by atoms with Crippen molar-refractivity contribution in [2.45, 2.75) is 0 Å². The van der Waals surface area contributed by atoms with Crippen molar-refractivity contribution < 1.29 is 4.79 Å². The number of rotatable bonds is 3. The molecule has 0 aliphatic rings. The maximum absolute atomic E-state index is 11.6. The van der Waals surface area contributed by atoms with Crippen LogP contribution in [0.5, 0.6) is 0 Å². The highest BCUT2D eigenvalue weighted by Gasteiger charge is 2.08. The molecule has 4 N–H and O–H groups in total. The molecule has 0 bridgehead atoms. The van der Waals surface area contributed by atoms with Gasteiger partial charge in [0.15, 0.2) is 0 Å². The molecule has 2 rings (SSSR count). The summed E-state index contributed by atoms with van der Waals surface area (Å²) < 4.78 is 0. The number of hydrogen-bond donors (Lipinski definition) is 3. The first kappa shape index (κ1) is 13.4. The fourth-order valence-corrected chi connectivity index (χ4v) is 1.78. The standard InChI is InChI=1S/C15H14N4O/c1-18-15(20)10-6-7-12(17)14(8-10)19-13-5-3-2-4-11(13)9-16/h2-8,19H,17H2,1H3,(H,18,20). The first-order chi connectivity index (χ1) is 9.65. The smallest absolute Gasteiger partial charge is 0.251 e. The molecule has 0 saturated heterocycles. The average molecular weight is 266 g/mol. The molecule has 5 heteroatoms. The predicted molar refractivity (Wildman–Crippen MR) is 78.7 cm³/mol. The first-order valence-electron chi connectivity index (χ1n) is 6.03. The third-order valence-electron chi connectivity index (χ3n) is 2.86. The van der Waals surface area contributed by atoms with Gasteiger partial charge < -0.3 is 16.4 Å². The minimum atomic E-state index is -0.193. The van der Waals surface area contributed by atoms with Crippen LogP contribution in [0.2, 0.25) is 0 Å². The molecule has 0 radical (unpaired) electrons. The Hall–Kier alpha value is -3.00. The van der Waals surface area contributed by atoms with Crippen molar-refractivity contribution in [3.63, 3.8) is 0 Å². The fourth-order valence-electron chi connectivity index (χ4n) is 1.78. The molecule has 1 amide bonds. The Morgan fingerprint density at radius 3 is 2.65 bits per heavy atom. The van der Waals surface area contributed by atoms with Gasteiger partial charge >= 0.3 is 0 Å². The van der Waals surface area contributed by atoms with Crippen molar-refractivity contribution in [1.82, 2.24) is 5.32 Å². The van der Waals surface area contributed by atoms with Crippen molar-refractivity contribution >= 4 is 23.0 Å². The van der Waals surface area contributed by atoms with E-state index in [0.29, 0.717) is 28.2 Å². The van der Waals surface area contributed by atoms with E-state index >= 15 is 0 Å². The van der Waals surface area contributed by atoms with Crippen LogP contribution in [0.1, 0.15) is 15.9 Å². The number of benzene rings is 2. The van der Waals surface area contributed by atoms with E-state index in [0.717, 1.165) is 0 Å². The maximum Gasteiger partial charge on any atom is 0.251 e. The molecule has 0 aliphatic heterocycles. The van der Waals surface area contributed by atoms with Gasteiger partial charge in [0, 0.05) is 12.6 Å². The van der Waals surface area contributed by atoms with Gasteiger partial charge in [-0.1, -0.05) is 12.1 Å². The highest BCUT2D eigenvalue weighted by molar-refractivity contribution is 5.96. The minimum Gasteiger partial charge on any atom is -0.397 e. The third-order valence-corrected chi connectivity index (χ3v) is 2.86. The molecule has 0 unspecified atom stereocenters. The van der Waals surface area contributed by atoms with E-state index < -0.39 is 0 Å². The van der Waals surface area contributed by atoms with Crippen LogP contribution in [0.25, 0.3) is 0 Å². The first-order valence-corrected chi connectivity index (χ1v) is 6.03. The van der Waals surface area contributed by atoms with Crippen molar-refractivity contribution in [2.75, 3.05) is 18.1 Å². The quantitative estimate of drug-likeness (QED) is 0.743. The lowest BCUT2D eigenvalue weighted by molar-refractivity contribution is 0.0963. The average Bonchev–Trinajstić information content (AvgIpc) is 2.49. The molecule has 0 saturated carbocycles. The lowest BCUT2D eigenvalue weighted by atomic mass is 10.1. The van der Waals surface area contributed by atoms with E-state index in [2.05, 4.69) is 16.7 Å². The molecule has 2 aromatic carbocycles. The number of hydrogen-bond acceptors (Lipinski definition) is 4. The van der Waals surface area contributed by atoms with Crippen molar-refractivity contribution in [3.05, 3.63) is 53.6 Å². The molecule has 0 heterocycles. The van der Waals surface area contributed by atoms with E-state index in [9.17, 15) is 4.79 Å². The van der Waals surface area contributed by atoms with Crippen LogP contribution in [-0.2, 0) is 0 Å². The van der Waals surface area contributed by atoms with E-state index in [4.69, 9.17) is 11.0 Å². The summed E-state index contributed by atoms with van der Waals surface area (Å²) in [6.45, 7) is 0. The molecule has 5 nitrogen and oxygen atoms in total. The molecule has 20 heavy (non-hydrogen) atoms. The lowest BCUT2D eigenvalue weighted by Gasteiger charge is -2.12. The number of nitrogens with zero attached hydrogens (tertiary/aromatic N) is 1. The zero-order valence-electron chi connectivity index (χ0n) is 11.0. The van der Waals surface area contributed by atoms with E-state index in [1.807, 2.05) is 6.07 Å². The summed E-state index contributed by atoms with van der Waals surface area (Å²) >= 11 is 0. The second-order valence-corrected chi connectivity index (χ2v) is 4.16. The van der Waals surface area contributed by atoms with Gasteiger partial charge in [-0.3, -0.25) is 4.79 Å². The highest BCUT2D eigenvalue weighted by atomic mass is 16.1. The van der Waals surface area contributed by atoms with Gasteiger partial charge in [-0.25, -0.2) is 0 Å². The Kier molecular flexibility index (Phi) is 3.87. The summed E-state index contributed by atoms with van der Waals surface area (Å²) in [6.07, 6.45) is 0. The van der Waals surface area contributed by atoms with Crippen LogP contribution >= 0.6 is 0 Å². The summed E-state index contributed by atoms with van der Waals surface area (Å²) in [6, 6.07) is 14.2. The molecular weight excluding hydrogens is 252 g/mol. The predicted octanol–water partition coefficient (Wildman–Crippen LogP) is 2.24. The Morgan fingerprint density at radius 1 is 1.20 bits per heavy atom. The summed E-state index contributed by atoms with van der Waals surface area (Å²) in [5, 5.41) is 14.7. The second kappa shape index (κ2) is 5.76. The number of carbonyl (C=O) groups is 1. The SMILES string of the molecule is CNC(=O)c1ccc(N)c(Nc2ccccc2C#N)c1. The number of anilines is 3. The molecule has 100 valence electrons. The molecule has 0 spiro atoms. The van der Waals surface area contributed by atoms with Crippen LogP contribution in [0.15, 0.2) is 42.5 Å². The Morgan fingerprint density at radius 2 is 1.95 bits per heavy atom. The van der Waals surface area contributed by atoms with Gasteiger partial charge in [0.05, 0.1) is 22.6 Å². The summed E-state index contributed by atoms with van der Waals surface area (Å²) in [5.74, 6) is -0.193.